The maximum atomic E-state index is 13.8. The van der Waals surface area contributed by atoms with Gasteiger partial charge in [0.15, 0.2) is 9.34 Å². The number of nitrogens with zero attached hydrogens (tertiary/aromatic N) is 1. The number of carbonyl (C=O) groups excluding carboxylic acids is 1. The van der Waals surface area contributed by atoms with E-state index >= 15 is 0 Å². The summed E-state index contributed by atoms with van der Waals surface area (Å²) in [6, 6.07) is 1.88. The Hall–Kier alpha value is -2.18. The van der Waals surface area contributed by atoms with E-state index in [1.807, 2.05) is 0 Å². The van der Waals surface area contributed by atoms with Gasteiger partial charge in [-0.1, -0.05) is 18.3 Å². The number of rotatable bonds is 7. The Morgan fingerprint density at radius 2 is 2.04 bits per heavy atom. The zero-order valence-electron chi connectivity index (χ0n) is 14.5. The van der Waals surface area contributed by atoms with Gasteiger partial charge in [-0.05, 0) is 25.3 Å². The lowest BCUT2D eigenvalue weighted by Gasteiger charge is -2.12. The molecule has 1 amide bonds. The first-order valence-corrected chi connectivity index (χ1v) is 11.0. The second kappa shape index (κ2) is 8.23. The van der Waals surface area contributed by atoms with Crippen molar-refractivity contribution in [1.29, 1.82) is 0 Å². The smallest absolute Gasteiger partial charge is 0.338 e. The third-order valence-electron chi connectivity index (χ3n) is 3.33. The number of thioether (sulfide) groups is 1. The average molecular weight is 434 g/mol. The number of halogens is 1. The van der Waals surface area contributed by atoms with Crippen LogP contribution in [-0.2, 0) is 14.8 Å². The second-order valence-corrected chi connectivity index (χ2v) is 8.96. The number of carboxylic acids is 1. The highest BCUT2D eigenvalue weighted by molar-refractivity contribution is 7.99. The number of hydrogen-bond acceptors (Lipinski definition) is 7. The molecular formula is C15H16FN3O5S3. The van der Waals surface area contributed by atoms with Crippen LogP contribution in [-0.4, -0.2) is 36.6 Å². The number of carboxylic acid groups (broad SMARTS) is 1. The molecule has 0 spiro atoms. The van der Waals surface area contributed by atoms with Gasteiger partial charge in [0.2, 0.25) is 5.91 Å². The number of aryl methyl sites for hydroxylation is 1. The van der Waals surface area contributed by atoms with Gasteiger partial charge in [0.25, 0.3) is 10.0 Å². The number of benzene rings is 1. The number of sulfonamides is 1. The third kappa shape index (κ3) is 4.76. The molecule has 0 atom stereocenters. The van der Waals surface area contributed by atoms with Crippen molar-refractivity contribution in [3.8, 4) is 0 Å². The number of nitrogens with one attached hydrogen (secondary N) is 2. The molecule has 0 saturated heterocycles. The number of carbonyl (C=O) groups is 2. The minimum absolute atomic E-state index is 0.0618. The van der Waals surface area contributed by atoms with Crippen LogP contribution in [0.5, 0.6) is 0 Å². The molecule has 27 heavy (non-hydrogen) atoms. The maximum absolute atomic E-state index is 13.8. The zero-order chi connectivity index (χ0) is 20.4. The summed E-state index contributed by atoms with van der Waals surface area (Å²) >= 11 is 1.82. The van der Waals surface area contributed by atoms with Crippen LogP contribution in [0.1, 0.15) is 29.4 Å². The molecule has 0 saturated carbocycles. The fraction of sp³-hybridized carbons (Fsp3) is 0.267. The van der Waals surface area contributed by atoms with Crippen molar-refractivity contribution in [1.82, 2.24) is 4.98 Å². The van der Waals surface area contributed by atoms with Crippen LogP contribution in [0, 0.1) is 12.7 Å². The lowest BCUT2D eigenvalue weighted by Crippen LogP contribution is -2.14. The molecule has 0 fully saturated rings. The monoisotopic (exact) mass is 433 g/mol. The summed E-state index contributed by atoms with van der Waals surface area (Å²) in [5.74, 6) is -2.79. The van der Waals surface area contributed by atoms with E-state index in [0.29, 0.717) is 0 Å². The van der Waals surface area contributed by atoms with E-state index in [2.05, 4.69) is 15.0 Å². The SMILES string of the molecule is CCC(=O)Nc1nc(C)c(S(=O)(=O)Nc2cc(C(=O)O)c(F)cc2SC)s1. The molecule has 0 radical (unpaired) electrons. The molecule has 0 aliphatic rings. The van der Waals surface area contributed by atoms with Crippen molar-refractivity contribution >= 4 is 55.8 Å². The van der Waals surface area contributed by atoms with E-state index in [1.54, 1.807) is 13.2 Å². The van der Waals surface area contributed by atoms with Gasteiger partial charge >= 0.3 is 5.97 Å². The fourth-order valence-corrected chi connectivity index (χ4v) is 5.17. The van der Waals surface area contributed by atoms with Crippen LogP contribution in [0.15, 0.2) is 21.2 Å². The predicted octanol–water partition coefficient (Wildman–Crippen LogP) is 3.16. The molecule has 0 aliphatic carbocycles. The average Bonchev–Trinajstić information content (AvgIpc) is 2.96. The number of aromatic nitrogens is 1. The minimum Gasteiger partial charge on any atom is -0.478 e. The lowest BCUT2D eigenvalue weighted by atomic mass is 10.2. The van der Waals surface area contributed by atoms with Gasteiger partial charge in [0.05, 0.1) is 16.9 Å². The summed E-state index contributed by atoms with van der Waals surface area (Å²) in [4.78, 5) is 26.8. The largest absolute Gasteiger partial charge is 0.478 e. The van der Waals surface area contributed by atoms with Gasteiger partial charge in [-0.25, -0.2) is 22.6 Å². The predicted molar refractivity (Wildman–Crippen MR) is 102 cm³/mol. The second-order valence-electron chi connectivity index (χ2n) is 5.24. The number of hydrogen-bond donors (Lipinski definition) is 3. The molecule has 146 valence electrons. The van der Waals surface area contributed by atoms with Crippen molar-refractivity contribution in [2.24, 2.45) is 0 Å². The molecule has 0 bridgehead atoms. The van der Waals surface area contributed by atoms with E-state index in [4.69, 9.17) is 5.11 Å². The molecule has 0 unspecified atom stereocenters. The molecule has 1 aromatic carbocycles. The standard InChI is InChI=1S/C15H16FN3O5S3/c1-4-12(20)18-15-17-7(2)14(26-15)27(23,24)19-10-5-8(13(21)22)9(16)6-11(10)25-3/h5-6,19H,4H2,1-3H3,(H,21,22)(H,17,18,20). The van der Waals surface area contributed by atoms with E-state index in [0.717, 1.165) is 35.2 Å². The summed E-state index contributed by atoms with van der Waals surface area (Å²) < 4.78 is 41.4. The van der Waals surface area contributed by atoms with E-state index in [9.17, 15) is 22.4 Å². The van der Waals surface area contributed by atoms with Crippen molar-refractivity contribution in [3.63, 3.8) is 0 Å². The van der Waals surface area contributed by atoms with Crippen LogP contribution in [0.2, 0.25) is 0 Å². The van der Waals surface area contributed by atoms with E-state index < -0.39 is 27.4 Å². The summed E-state index contributed by atoms with van der Waals surface area (Å²) in [5, 5.41) is 11.7. The van der Waals surface area contributed by atoms with Crippen molar-refractivity contribution in [2.45, 2.75) is 29.4 Å². The van der Waals surface area contributed by atoms with Gasteiger partial charge in [-0.3, -0.25) is 9.52 Å². The molecule has 0 aliphatic heterocycles. The fourth-order valence-electron chi connectivity index (χ4n) is 2.05. The van der Waals surface area contributed by atoms with Gasteiger partial charge in [-0.2, -0.15) is 0 Å². The maximum Gasteiger partial charge on any atom is 0.338 e. The molecule has 1 heterocycles. The number of thiazole rings is 1. The van der Waals surface area contributed by atoms with Gasteiger partial charge in [-0.15, -0.1) is 11.8 Å². The first-order valence-electron chi connectivity index (χ1n) is 7.50. The lowest BCUT2D eigenvalue weighted by molar-refractivity contribution is -0.115. The number of aromatic carboxylic acids is 1. The first-order chi connectivity index (χ1) is 12.6. The van der Waals surface area contributed by atoms with Gasteiger partial charge in [0.1, 0.15) is 5.82 Å². The van der Waals surface area contributed by atoms with Crippen molar-refractivity contribution in [2.75, 3.05) is 16.3 Å². The first kappa shape index (κ1) is 21.1. The van der Waals surface area contributed by atoms with E-state index in [-0.39, 0.29) is 37.9 Å². The van der Waals surface area contributed by atoms with Crippen LogP contribution in [0.3, 0.4) is 0 Å². The molecule has 8 nitrogen and oxygen atoms in total. The van der Waals surface area contributed by atoms with Crippen LogP contribution < -0.4 is 10.0 Å². The Morgan fingerprint density at radius 3 is 2.59 bits per heavy atom. The molecule has 2 rings (SSSR count). The third-order valence-corrected chi connectivity index (χ3v) is 7.16. The molecule has 12 heteroatoms. The Labute approximate surface area is 163 Å². The van der Waals surface area contributed by atoms with Crippen LogP contribution in [0.4, 0.5) is 15.2 Å². The van der Waals surface area contributed by atoms with Crippen LogP contribution in [0.25, 0.3) is 0 Å². The normalized spacial score (nSPS) is 11.3. The quantitative estimate of drug-likeness (QED) is 0.573. The Bertz CT molecular complexity index is 1000. The number of amides is 1. The summed E-state index contributed by atoms with van der Waals surface area (Å²) in [6.07, 6.45) is 1.81. The van der Waals surface area contributed by atoms with Crippen LogP contribution >= 0.6 is 23.1 Å². The van der Waals surface area contributed by atoms with Crippen molar-refractivity contribution < 1.29 is 27.5 Å². The summed E-state index contributed by atoms with van der Waals surface area (Å²) in [7, 11) is -4.13. The Kier molecular flexibility index (Phi) is 6.44. The van der Waals surface area contributed by atoms with E-state index in [1.165, 1.54) is 6.92 Å². The highest BCUT2D eigenvalue weighted by Crippen LogP contribution is 2.33. The zero-order valence-corrected chi connectivity index (χ0v) is 16.9. The van der Waals surface area contributed by atoms with Gasteiger partial charge in [0, 0.05) is 11.3 Å². The molecule has 2 aromatic rings. The number of anilines is 2. The summed E-state index contributed by atoms with van der Waals surface area (Å²) in [5.41, 5.74) is -0.541. The molecule has 1 aromatic heterocycles. The molecule has 3 N–H and O–H groups in total. The highest BCUT2D eigenvalue weighted by atomic mass is 32.2. The van der Waals surface area contributed by atoms with Gasteiger partial charge < -0.3 is 10.4 Å². The van der Waals surface area contributed by atoms with Crippen molar-refractivity contribution in [3.05, 3.63) is 29.2 Å². The Morgan fingerprint density at radius 1 is 1.37 bits per heavy atom. The highest BCUT2D eigenvalue weighted by Gasteiger charge is 2.25. The topological polar surface area (TPSA) is 125 Å². The molecular weight excluding hydrogens is 417 g/mol. The Balaban J connectivity index is 2.43. The minimum atomic E-state index is -4.13. The summed E-state index contributed by atoms with van der Waals surface area (Å²) in [6.45, 7) is 3.11.